The summed E-state index contributed by atoms with van der Waals surface area (Å²) in [6.45, 7) is 5.25. The van der Waals surface area contributed by atoms with E-state index in [4.69, 9.17) is 4.74 Å². The van der Waals surface area contributed by atoms with Crippen LogP contribution in [-0.2, 0) is 0 Å². The van der Waals surface area contributed by atoms with E-state index in [1.165, 1.54) is 42.9 Å². The molecule has 222 valence electrons. The van der Waals surface area contributed by atoms with Gasteiger partial charge >= 0.3 is 0 Å². The fraction of sp³-hybridized carbons (Fsp3) is 0.200. The van der Waals surface area contributed by atoms with Crippen molar-refractivity contribution >= 4 is 28.4 Å². The van der Waals surface area contributed by atoms with E-state index in [0.29, 0.717) is 16.9 Å². The summed E-state index contributed by atoms with van der Waals surface area (Å²) < 4.78 is 50.0. The van der Waals surface area contributed by atoms with E-state index < -0.39 is 28.8 Å². The molecule has 1 atom stereocenters. The number of aliphatic hydroxyl groups excluding tert-OH is 1. The van der Waals surface area contributed by atoms with Crippen molar-refractivity contribution in [1.29, 1.82) is 0 Å². The molecule has 10 nitrogen and oxygen atoms in total. The monoisotopic (exact) mass is 592 g/mol. The molecule has 0 spiro atoms. The van der Waals surface area contributed by atoms with Gasteiger partial charge in [-0.15, -0.1) is 0 Å². The largest absolute Gasteiger partial charge is 0.453 e. The van der Waals surface area contributed by atoms with Gasteiger partial charge in [-0.2, -0.15) is 5.10 Å². The standard InChI is InChI=1S/C30H27F3N6O4/c1-15(2)39-12-19(17-4-6-21(31)22(32)10-17)27(41)20(13-39)30(42)36-18-5-7-24(23(33)11-18)43-25-8-9-34-28-26(25)29(38-37-28)35-16(3)14-40/h4-13,15-16,40H,14H2,1-3H3,(H,36,42)(H2,34,35,37,38)/t16-/m1/s1. The zero-order valence-electron chi connectivity index (χ0n) is 23.3. The molecule has 0 saturated heterocycles. The number of halogens is 3. The Balaban J connectivity index is 1.42. The first-order valence-electron chi connectivity index (χ1n) is 13.3. The zero-order valence-corrected chi connectivity index (χ0v) is 23.3. The number of carbonyl (C=O) groups excluding carboxylic acids is 1. The Labute approximate surface area is 243 Å². The minimum absolute atomic E-state index is 0.000307. The van der Waals surface area contributed by atoms with Crippen molar-refractivity contribution in [2.45, 2.75) is 32.9 Å². The Kier molecular flexibility index (Phi) is 8.17. The predicted molar refractivity (Wildman–Crippen MR) is 155 cm³/mol. The lowest BCUT2D eigenvalue weighted by atomic mass is 10.0. The third-order valence-corrected chi connectivity index (χ3v) is 6.61. The van der Waals surface area contributed by atoms with Crippen LogP contribution in [0.15, 0.2) is 65.8 Å². The molecule has 3 heterocycles. The van der Waals surface area contributed by atoms with Crippen LogP contribution in [-0.4, -0.2) is 43.4 Å². The van der Waals surface area contributed by atoms with Gasteiger partial charge in [-0.05, 0) is 50.6 Å². The number of hydrogen-bond acceptors (Lipinski definition) is 7. The van der Waals surface area contributed by atoms with Crippen LogP contribution >= 0.6 is 0 Å². The molecule has 5 aromatic rings. The minimum atomic E-state index is -1.13. The Morgan fingerprint density at radius 3 is 2.51 bits per heavy atom. The summed E-state index contributed by atoms with van der Waals surface area (Å²) in [5.41, 5.74) is -0.443. The van der Waals surface area contributed by atoms with Gasteiger partial charge in [0, 0.05) is 54.1 Å². The number of pyridine rings is 2. The number of hydrogen-bond donors (Lipinski definition) is 4. The molecule has 2 aromatic carbocycles. The molecule has 0 saturated carbocycles. The summed E-state index contributed by atoms with van der Waals surface area (Å²) in [5.74, 6) is -3.38. The minimum Gasteiger partial charge on any atom is -0.453 e. The van der Waals surface area contributed by atoms with Gasteiger partial charge in [0.25, 0.3) is 5.91 Å². The van der Waals surface area contributed by atoms with E-state index in [1.807, 2.05) is 13.8 Å². The van der Waals surface area contributed by atoms with Gasteiger partial charge in [-0.1, -0.05) is 6.07 Å². The summed E-state index contributed by atoms with van der Waals surface area (Å²) >= 11 is 0. The lowest BCUT2D eigenvalue weighted by Crippen LogP contribution is -2.25. The number of aliphatic hydroxyl groups is 1. The van der Waals surface area contributed by atoms with Gasteiger partial charge in [0.05, 0.1) is 6.61 Å². The highest BCUT2D eigenvalue weighted by atomic mass is 19.2. The normalized spacial score (nSPS) is 12.0. The van der Waals surface area contributed by atoms with Crippen molar-refractivity contribution in [1.82, 2.24) is 19.7 Å². The SMILES string of the molecule is CC(C)n1cc(C(=O)Nc2ccc(Oc3ccnc4[nH]nc(N[C@H](C)CO)c34)c(F)c2)c(=O)c(-c2ccc(F)c(F)c2)c1. The van der Waals surface area contributed by atoms with Crippen LogP contribution in [0.4, 0.5) is 24.7 Å². The first kappa shape index (κ1) is 29.3. The molecule has 5 rings (SSSR count). The quantitative estimate of drug-likeness (QED) is 0.175. The van der Waals surface area contributed by atoms with Crippen molar-refractivity contribution in [3.05, 3.63) is 94.3 Å². The second-order valence-electron chi connectivity index (χ2n) is 10.1. The lowest BCUT2D eigenvalue weighted by Gasteiger charge is -2.16. The highest BCUT2D eigenvalue weighted by Crippen LogP contribution is 2.34. The summed E-state index contributed by atoms with van der Waals surface area (Å²) in [4.78, 5) is 30.7. The van der Waals surface area contributed by atoms with E-state index >= 15 is 4.39 Å². The molecular weight excluding hydrogens is 565 g/mol. The molecule has 13 heteroatoms. The van der Waals surface area contributed by atoms with Crippen LogP contribution in [0.5, 0.6) is 11.5 Å². The highest BCUT2D eigenvalue weighted by molar-refractivity contribution is 6.04. The van der Waals surface area contributed by atoms with E-state index in [2.05, 4.69) is 25.8 Å². The van der Waals surface area contributed by atoms with E-state index in [9.17, 15) is 23.5 Å². The molecule has 0 aliphatic heterocycles. The van der Waals surface area contributed by atoms with E-state index in [0.717, 1.165) is 18.2 Å². The third kappa shape index (κ3) is 6.06. The summed E-state index contributed by atoms with van der Waals surface area (Å²) in [6.07, 6.45) is 4.27. The highest BCUT2D eigenvalue weighted by Gasteiger charge is 2.20. The van der Waals surface area contributed by atoms with Gasteiger partial charge in [0.2, 0.25) is 5.43 Å². The number of amides is 1. The van der Waals surface area contributed by atoms with E-state index in [1.54, 1.807) is 11.5 Å². The Bertz CT molecular complexity index is 1890. The van der Waals surface area contributed by atoms with Gasteiger partial charge in [0.15, 0.2) is 34.7 Å². The van der Waals surface area contributed by atoms with Crippen LogP contribution in [0, 0.1) is 17.5 Å². The third-order valence-electron chi connectivity index (χ3n) is 6.61. The number of nitrogens with one attached hydrogen (secondary N) is 3. The molecule has 1 amide bonds. The number of rotatable bonds is 9. The number of H-pyrrole nitrogens is 1. The second kappa shape index (κ2) is 12.0. The number of nitrogens with zero attached hydrogens (tertiary/aromatic N) is 3. The molecule has 0 fully saturated rings. The number of benzene rings is 2. The molecule has 43 heavy (non-hydrogen) atoms. The van der Waals surface area contributed by atoms with Crippen LogP contribution in [0.3, 0.4) is 0 Å². The maximum absolute atomic E-state index is 15.2. The first-order chi connectivity index (χ1) is 20.5. The predicted octanol–water partition coefficient (Wildman–Crippen LogP) is 5.62. The van der Waals surface area contributed by atoms with Crippen LogP contribution in [0.2, 0.25) is 0 Å². The van der Waals surface area contributed by atoms with Crippen molar-refractivity contribution in [3.8, 4) is 22.6 Å². The molecule has 3 aromatic heterocycles. The molecule has 0 bridgehead atoms. The van der Waals surface area contributed by atoms with Gasteiger partial charge in [-0.25, -0.2) is 18.2 Å². The van der Waals surface area contributed by atoms with Crippen molar-refractivity contribution in [3.63, 3.8) is 0 Å². The number of anilines is 2. The fourth-order valence-corrected chi connectivity index (χ4v) is 4.30. The second-order valence-corrected chi connectivity index (χ2v) is 10.1. The van der Waals surface area contributed by atoms with Crippen LogP contribution in [0.1, 0.15) is 37.2 Å². The zero-order chi connectivity index (χ0) is 30.8. The van der Waals surface area contributed by atoms with Crippen molar-refractivity contribution in [2.75, 3.05) is 17.2 Å². The summed E-state index contributed by atoms with van der Waals surface area (Å²) in [7, 11) is 0. The first-order valence-corrected chi connectivity index (χ1v) is 13.3. The topological polar surface area (TPSA) is 134 Å². The Morgan fingerprint density at radius 1 is 1.02 bits per heavy atom. The molecule has 4 N–H and O–H groups in total. The maximum atomic E-state index is 15.2. The molecule has 0 aliphatic rings. The molecule has 0 aliphatic carbocycles. The molecule has 0 unspecified atom stereocenters. The maximum Gasteiger partial charge on any atom is 0.261 e. The molecular formula is C30H27F3N6O4. The number of carbonyl (C=O) groups is 1. The Hall–Kier alpha value is -5.17. The number of aromatic nitrogens is 4. The van der Waals surface area contributed by atoms with E-state index in [-0.39, 0.29) is 52.6 Å². The summed E-state index contributed by atoms with van der Waals surface area (Å²) in [5, 5.41) is 22.3. The average molecular weight is 593 g/mol. The van der Waals surface area contributed by atoms with Crippen LogP contribution < -0.4 is 20.8 Å². The van der Waals surface area contributed by atoms with Gasteiger partial charge in [0.1, 0.15) is 16.7 Å². The van der Waals surface area contributed by atoms with Crippen molar-refractivity contribution in [2.24, 2.45) is 0 Å². The van der Waals surface area contributed by atoms with Gasteiger partial charge < -0.3 is 25.0 Å². The van der Waals surface area contributed by atoms with Crippen LogP contribution in [0.25, 0.3) is 22.2 Å². The van der Waals surface area contributed by atoms with Crippen molar-refractivity contribution < 1.29 is 27.8 Å². The smallest absolute Gasteiger partial charge is 0.261 e. The average Bonchev–Trinajstić information content (AvgIpc) is 3.39. The molecule has 0 radical (unpaired) electrons. The number of fused-ring (bicyclic) bond motifs is 1. The summed E-state index contributed by atoms with van der Waals surface area (Å²) in [6, 6.07) is 7.82. The number of aromatic amines is 1. The fourth-order valence-electron chi connectivity index (χ4n) is 4.30. The number of ether oxygens (including phenoxy) is 1. The lowest BCUT2D eigenvalue weighted by molar-refractivity contribution is 0.102. The Morgan fingerprint density at radius 2 is 1.81 bits per heavy atom. The van der Waals surface area contributed by atoms with Gasteiger partial charge in [-0.3, -0.25) is 14.7 Å².